The van der Waals surface area contributed by atoms with Gasteiger partial charge in [-0.2, -0.15) is 5.26 Å². The van der Waals surface area contributed by atoms with E-state index in [1.165, 1.54) is 16.7 Å². The first-order valence-corrected chi connectivity index (χ1v) is 10.4. The summed E-state index contributed by atoms with van der Waals surface area (Å²) in [6.07, 6.45) is 0.344. The molecular formula is C23H23N3OS. The van der Waals surface area contributed by atoms with E-state index in [0.29, 0.717) is 18.7 Å². The number of nitrogens with zero attached hydrogens (tertiary/aromatic N) is 3. The lowest BCUT2D eigenvalue weighted by Gasteiger charge is -2.42. The largest absolute Gasteiger partial charge is 0.344 e. The van der Waals surface area contributed by atoms with Gasteiger partial charge in [-0.3, -0.25) is 9.69 Å². The third kappa shape index (κ3) is 3.29. The molecule has 28 heavy (non-hydrogen) atoms. The van der Waals surface area contributed by atoms with Crippen LogP contribution in [0.5, 0.6) is 0 Å². The van der Waals surface area contributed by atoms with Gasteiger partial charge in [-0.15, -0.1) is 0 Å². The predicted molar refractivity (Wildman–Crippen MR) is 114 cm³/mol. The zero-order valence-corrected chi connectivity index (χ0v) is 17.2. The van der Waals surface area contributed by atoms with E-state index in [-0.39, 0.29) is 11.8 Å². The molecule has 1 atom stereocenters. The summed E-state index contributed by atoms with van der Waals surface area (Å²) in [5, 5.41) is 10.7. The molecule has 2 aromatic rings. The number of carbonyl (C=O) groups excluding carboxylic acids is 1. The van der Waals surface area contributed by atoms with Crippen LogP contribution < -0.4 is 4.90 Å². The minimum absolute atomic E-state index is 0.0839. The fourth-order valence-electron chi connectivity index (χ4n) is 3.73. The molecule has 1 amide bonds. The Bertz CT molecular complexity index is 1000. The zero-order valence-electron chi connectivity index (χ0n) is 16.4. The lowest BCUT2D eigenvalue weighted by atomic mass is 9.86. The average molecular weight is 390 g/mol. The predicted octanol–water partition coefficient (Wildman–Crippen LogP) is 4.83. The van der Waals surface area contributed by atoms with E-state index in [2.05, 4.69) is 43.0 Å². The van der Waals surface area contributed by atoms with Crippen molar-refractivity contribution in [2.75, 3.05) is 17.4 Å². The number of benzene rings is 2. The van der Waals surface area contributed by atoms with Crippen molar-refractivity contribution in [1.82, 2.24) is 4.90 Å². The summed E-state index contributed by atoms with van der Waals surface area (Å²) in [6, 6.07) is 17.0. The number of amides is 1. The SMILES string of the molecule is Cc1ccc(C2CC(=O)N3CN(c4ccc(C)c(C)c4)CSC3=C2C#N)cc1. The quantitative estimate of drug-likeness (QED) is 0.738. The van der Waals surface area contributed by atoms with E-state index in [9.17, 15) is 10.1 Å². The van der Waals surface area contributed by atoms with E-state index in [1.54, 1.807) is 16.7 Å². The van der Waals surface area contributed by atoms with Crippen molar-refractivity contribution in [2.24, 2.45) is 0 Å². The molecule has 2 aromatic carbocycles. The topological polar surface area (TPSA) is 47.3 Å². The van der Waals surface area contributed by atoms with Crippen LogP contribution in [0.2, 0.25) is 0 Å². The summed E-state index contributed by atoms with van der Waals surface area (Å²) < 4.78 is 0. The highest BCUT2D eigenvalue weighted by atomic mass is 32.2. The molecule has 0 aliphatic carbocycles. The van der Waals surface area contributed by atoms with Crippen molar-refractivity contribution in [2.45, 2.75) is 33.1 Å². The number of carbonyl (C=O) groups is 1. The van der Waals surface area contributed by atoms with Crippen LogP contribution >= 0.6 is 11.8 Å². The van der Waals surface area contributed by atoms with Crippen LogP contribution in [0.25, 0.3) is 0 Å². The molecule has 0 radical (unpaired) electrons. The van der Waals surface area contributed by atoms with E-state index < -0.39 is 0 Å². The van der Waals surface area contributed by atoms with Gasteiger partial charge in [0.25, 0.3) is 0 Å². The Balaban J connectivity index is 1.65. The highest BCUT2D eigenvalue weighted by Gasteiger charge is 2.38. The summed E-state index contributed by atoms with van der Waals surface area (Å²) >= 11 is 1.59. The van der Waals surface area contributed by atoms with Gasteiger partial charge in [0.2, 0.25) is 5.91 Å². The molecule has 0 saturated carbocycles. The normalized spacial score (nSPS) is 19.5. The van der Waals surface area contributed by atoms with Gasteiger partial charge >= 0.3 is 0 Å². The monoisotopic (exact) mass is 389 g/mol. The van der Waals surface area contributed by atoms with Crippen molar-refractivity contribution in [3.63, 3.8) is 0 Å². The highest BCUT2D eigenvalue weighted by molar-refractivity contribution is 8.03. The number of nitriles is 1. The number of aryl methyl sites for hydroxylation is 3. The molecule has 2 aliphatic rings. The van der Waals surface area contributed by atoms with Crippen LogP contribution in [-0.4, -0.2) is 23.4 Å². The second-order valence-corrected chi connectivity index (χ2v) is 8.48. The summed E-state index contributed by atoms with van der Waals surface area (Å²) in [4.78, 5) is 17.0. The van der Waals surface area contributed by atoms with Crippen molar-refractivity contribution in [3.05, 3.63) is 75.3 Å². The Morgan fingerprint density at radius 2 is 1.82 bits per heavy atom. The van der Waals surface area contributed by atoms with Gasteiger partial charge in [-0.1, -0.05) is 47.7 Å². The number of anilines is 1. The molecule has 0 N–H and O–H groups in total. The maximum absolute atomic E-state index is 13.0. The minimum atomic E-state index is -0.148. The molecule has 4 nitrogen and oxygen atoms in total. The Kier molecular flexibility index (Phi) is 4.91. The first kappa shape index (κ1) is 18.6. The highest BCUT2D eigenvalue weighted by Crippen LogP contribution is 2.43. The van der Waals surface area contributed by atoms with Gasteiger partial charge in [0.05, 0.1) is 29.2 Å². The summed E-state index contributed by atoms with van der Waals surface area (Å²) in [7, 11) is 0. The van der Waals surface area contributed by atoms with Crippen molar-refractivity contribution in [3.8, 4) is 6.07 Å². The molecule has 142 valence electrons. The van der Waals surface area contributed by atoms with Crippen LogP contribution in [0.3, 0.4) is 0 Å². The van der Waals surface area contributed by atoms with Crippen molar-refractivity contribution < 1.29 is 4.79 Å². The molecule has 2 heterocycles. The Morgan fingerprint density at radius 3 is 2.50 bits per heavy atom. The Morgan fingerprint density at radius 1 is 1.07 bits per heavy atom. The Labute approximate surface area is 170 Å². The Hall–Kier alpha value is -2.71. The molecule has 1 saturated heterocycles. The molecular weight excluding hydrogens is 366 g/mol. The standard InChI is InChI=1S/C23H23N3OS/c1-15-4-7-18(8-5-15)20-11-22(27)26-13-25(14-28-23(26)21(20)12-24)19-9-6-16(2)17(3)10-19/h4-10,20H,11,13-14H2,1-3H3. The average Bonchev–Trinajstić information content (AvgIpc) is 2.70. The second-order valence-electron chi connectivity index (χ2n) is 7.54. The van der Waals surface area contributed by atoms with E-state index in [1.807, 2.05) is 31.2 Å². The van der Waals surface area contributed by atoms with Gasteiger partial charge in [-0.05, 0) is 49.6 Å². The van der Waals surface area contributed by atoms with E-state index >= 15 is 0 Å². The van der Waals surface area contributed by atoms with E-state index in [4.69, 9.17) is 0 Å². The molecule has 5 heteroatoms. The van der Waals surface area contributed by atoms with Crippen molar-refractivity contribution >= 4 is 23.4 Å². The first-order chi connectivity index (χ1) is 13.5. The van der Waals surface area contributed by atoms with Crippen LogP contribution in [0, 0.1) is 32.1 Å². The zero-order chi connectivity index (χ0) is 19.8. The maximum atomic E-state index is 13.0. The van der Waals surface area contributed by atoms with E-state index in [0.717, 1.165) is 22.2 Å². The second kappa shape index (κ2) is 7.37. The van der Waals surface area contributed by atoms with Gasteiger partial charge < -0.3 is 4.90 Å². The minimum Gasteiger partial charge on any atom is -0.344 e. The lowest BCUT2D eigenvalue weighted by molar-refractivity contribution is -0.129. The molecule has 0 aromatic heterocycles. The summed E-state index contributed by atoms with van der Waals surface area (Å²) in [5.74, 6) is 0.665. The number of thioether (sulfide) groups is 1. The molecule has 0 bridgehead atoms. The van der Waals surface area contributed by atoms with Gasteiger partial charge in [0.15, 0.2) is 0 Å². The third-order valence-corrected chi connectivity index (χ3v) is 6.78. The molecule has 1 fully saturated rings. The third-order valence-electron chi connectivity index (χ3n) is 5.63. The molecule has 1 unspecified atom stereocenters. The van der Waals surface area contributed by atoms with Crippen molar-refractivity contribution in [1.29, 1.82) is 5.26 Å². The number of hydrogen-bond donors (Lipinski definition) is 0. The number of allylic oxidation sites excluding steroid dienone is 1. The number of rotatable bonds is 2. The van der Waals surface area contributed by atoms with Crippen LogP contribution in [0.4, 0.5) is 5.69 Å². The molecule has 0 spiro atoms. The van der Waals surface area contributed by atoms with Gasteiger partial charge in [0.1, 0.15) is 0 Å². The number of fused-ring (bicyclic) bond motifs is 1. The molecule has 4 rings (SSSR count). The fourth-order valence-corrected chi connectivity index (χ4v) is 4.90. The lowest BCUT2D eigenvalue weighted by Crippen LogP contribution is -2.47. The fraction of sp³-hybridized carbons (Fsp3) is 0.304. The first-order valence-electron chi connectivity index (χ1n) is 9.44. The van der Waals surface area contributed by atoms with Crippen LogP contribution in [-0.2, 0) is 4.79 Å². The van der Waals surface area contributed by atoms with Gasteiger partial charge in [0, 0.05) is 18.0 Å². The summed E-state index contributed by atoms with van der Waals surface area (Å²) in [6.45, 7) is 6.74. The van der Waals surface area contributed by atoms with Crippen LogP contribution in [0.1, 0.15) is 34.6 Å². The number of hydrogen-bond acceptors (Lipinski definition) is 4. The maximum Gasteiger partial charge on any atom is 0.229 e. The molecule has 2 aliphatic heterocycles. The van der Waals surface area contributed by atoms with Gasteiger partial charge in [-0.25, -0.2) is 0 Å². The summed E-state index contributed by atoms with van der Waals surface area (Å²) in [5.41, 5.74) is 6.55. The van der Waals surface area contributed by atoms with Crippen LogP contribution in [0.15, 0.2) is 53.1 Å². The smallest absolute Gasteiger partial charge is 0.229 e.